The maximum absolute atomic E-state index is 12.6. The van der Waals surface area contributed by atoms with E-state index in [0.717, 1.165) is 4.31 Å². The minimum Gasteiger partial charge on any atom is -0.492 e. The Labute approximate surface area is 170 Å². The average molecular weight is 417 g/mol. The average Bonchev–Trinajstić information content (AvgIpc) is 2.69. The lowest BCUT2D eigenvalue weighted by Crippen LogP contribution is -2.30. The molecule has 0 fully saturated rings. The molecule has 2 rings (SSSR count). The molecule has 1 atom stereocenters. The molecule has 1 amide bonds. The second-order valence-electron chi connectivity index (χ2n) is 6.27. The molecule has 154 valence electrons. The van der Waals surface area contributed by atoms with Crippen molar-refractivity contribution in [2.75, 3.05) is 26.0 Å². The summed E-state index contributed by atoms with van der Waals surface area (Å²) in [6.07, 6.45) is -0.844. The van der Waals surface area contributed by atoms with Crippen LogP contribution < -0.4 is 14.8 Å². The number of rotatable bonds is 8. The van der Waals surface area contributed by atoms with Gasteiger partial charge in [-0.3, -0.25) is 4.79 Å². The fourth-order valence-electron chi connectivity index (χ4n) is 2.37. The molecule has 0 aliphatic carbocycles. The van der Waals surface area contributed by atoms with E-state index in [4.69, 9.17) is 14.7 Å². The summed E-state index contributed by atoms with van der Waals surface area (Å²) >= 11 is 0. The zero-order chi connectivity index (χ0) is 21.6. The van der Waals surface area contributed by atoms with Crippen molar-refractivity contribution < 1.29 is 22.7 Å². The van der Waals surface area contributed by atoms with Crippen molar-refractivity contribution in [3.8, 4) is 17.6 Å². The van der Waals surface area contributed by atoms with Crippen LogP contribution in [0.4, 0.5) is 5.69 Å². The summed E-state index contributed by atoms with van der Waals surface area (Å²) < 4.78 is 37.2. The molecule has 0 radical (unpaired) electrons. The number of hydrogen-bond acceptors (Lipinski definition) is 6. The van der Waals surface area contributed by atoms with Crippen LogP contribution >= 0.6 is 0 Å². The minimum absolute atomic E-state index is 0.0391. The Morgan fingerprint density at radius 2 is 1.86 bits per heavy atom. The van der Waals surface area contributed by atoms with E-state index in [1.54, 1.807) is 44.2 Å². The van der Waals surface area contributed by atoms with E-state index in [1.165, 1.54) is 26.2 Å². The van der Waals surface area contributed by atoms with Gasteiger partial charge in [-0.1, -0.05) is 0 Å². The number of nitrogens with zero attached hydrogens (tertiary/aromatic N) is 2. The number of anilines is 1. The normalized spacial score (nSPS) is 12.1. The molecule has 0 aromatic heterocycles. The van der Waals surface area contributed by atoms with Crippen LogP contribution in [0.1, 0.15) is 19.4 Å². The monoisotopic (exact) mass is 417 g/mol. The number of nitrogens with one attached hydrogen (secondary N) is 1. The first-order chi connectivity index (χ1) is 13.7. The highest BCUT2D eigenvalue weighted by atomic mass is 32.2. The van der Waals surface area contributed by atoms with Gasteiger partial charge in [0.15, 0.2) is 6.10 Å². The predicted molar refractivity (Wildman–Crippen MR) is 108 cm³/mol. The third kappa shape index (κ3) is 5.47. The number of hydrogen-bond donors (Lipinski definition) is 1. The maximum atomic E-state index is 12.6. The van der Waals surface area contributed by atoms with Gasteiger partial charge in [-0.05, 0) is 56.3 Å². The third-order valence-corrected chi connectivity index (χ3v) is 5.77. The number of nitriles is 1. The van der Waals surface area contributed by atoms with E-state index in [2.05, 4.69) is 5.32 Å². The van der Waals surface area contributed by atoms with Crippen molar-refractivity contribution in [3.63, 3.8) is 0 Å². The lowest BCUT2D eigenvalue weighted by atomic mass is 10.2. The molecule has 2 aromatic rings. The van der Waals surface area contributed by atoms with E-state index in [9.17, 15) is 13.2 Å². The molecule has 8 nitrogen and oxygen atoms in total. The van der Waals surface area contributed by atoms with Gasteiger partial charge in [0.25, 0.3) is 5.91 Å². The van der Waals surface area contributed by atoms with Gasteiger partial charge in [-0.2, -0.15) is 5.26 Å². The molecule has 2 aromatic carbocycles. The van der Waals surface area contributed by atoms with Gasteiger partial charge in [0.2, 0.25) is 10.0 Å². The van der Waals surface area contributed by atoms with Crippen LogP contribution in [-0.2, 0) is 14.8 Å². The number of carbonyl (C=O) groups is 1. The zero-order valence-electron chi connectivity index (χ0n) is 16.7. The van der Waals surface area contributed by atoms with Crippen LogP contribution in [-0.4, -0.2) is 45.4 Å². The Kier molecular flexibility index (Phi) is 7.20. The SMILES string of the molecule is CCOc1ccc(NC(=O)[C@H](C)Oc2ccc(C#N)cc2)cc1S(=O)(=O)N(C)C. The van der Waals surface area contributed by atoms with Crippen LogP contribution in [0.25, 0.3) is 0 Å². The first-order valence-electron chi connectivity index (χ1n) is 8.86. The Hall–Kier alpha value is -3.09. The van der Waals surface area contributed by atoms with Gasteiger partial charge < -0.3 is 14.8 Å². The summed E-state index contributed by atoms with van der Waals surface area (Å²) in [5.74, 6) is 0.196. The summed E-state index contributed by atoms with van der Waals surface area (Å²) in [7, 11) is -0.923. The van der Waals surface area contributed by atoms with Crippen molar-refractivity contribution in [1.29, 1.82) is 5.26 Å². The topological polar surface area (TPSA) is 109 Å². The summed E-state index contributed by atoms with van der Waals surface area (Å²) in [6.45, 7) is 3.63. The van der Waals surface area contributed by atoms with Crippen LogP contribution in [0.5, 0.6) is 11.5 Å². The lowest BCUT2D eigenvalue weighted by molar-refractivity contribution is -0.122. The molecule has 29 heavy (non-hydrogen) atoms. The first-order valence-corrected chi connectivity index (χ1v) is 10.3. The summed E-state index contributed by atoms with van der Waals surface area (Å²) in [5.41, 5.74) is 0.785. The molecular formula is C20H23N3O5S. The highest BCUT2D eigenvalue weighted by Gasteiger charge is 2.24. The highest BCUT2D eigenvalue weighted by molar-refractivity contribution is 7.89. The minimum atomic E-state index is -3.76. The van der Waals surface area contributed by atoms with E-state index in [1.807, 2.05) is 6.07 Å². The van der Waals surface area contributed by atoms with Gasteiger partial charge in [0, 0.05) is 19.8 Å². The first kappa shape index (κ1) is 22.2. The van der Waals surface area contributed by atoms with Crippen molar-refractivity contribution in [2.24, 2.45) is 0 Å². The van der Waals surface area contributed by atoms with E-state index in [-0.39, 0.29) is 10.6 Å². The van der Waals surface area contributed by atoms with E-state index >= 15 is 0 Å². The number of carbonyl (C=O) groups excluding carboxylic acids is 1. The Bertz CT molecular complexity index is 1010. The Morgan fingerprint density at radius 3 is 2.41 bits per heavy atom. The summed E-state index contributed by atoms with van der Waals surface area (Å²) in [4.78, 5) is 12.4. The van der Waals surface area contributed by atoms with Crippen molar-refractivity contribution in [2.45, 2.75) is 24.8 Å². The Morgan fingerprint density at radius 1 is 1.21 bits per heavy atom. The molecule has 1 N–H and O–H groups in total. The van der Waals surface area contributed by atoms with Gasteiger partial charge >= 0.3 is 0 Å². The number of benzene rings is 2. The Balaban J connectivity index is 2.19. The predicted octanol–water partition coefficient (Wildman–Crippen LogP) is 2.61. The molecule has 0 bridgehead atoms. The fourth-order valence-corrected chi connectivity index (χ4v) is 3.42. The van der Waals surface area contributed by atoms with Gasteiger partial charge in [-0.25, -0.2) is 12.7 Å². The molecule has 0 heterocycles. The van der Waals surface area contributed by atoms with Crippen LogP contribution in [0.2, 0.25) is 0 Å². The second-order valence-corrected chi connectivity index (χ2v) is 8.39. The van der Waals surface area contributed by atoms with Crippen molar-refractivity contribution in [1.82, 2.24) is 4.31 Å². The quantitative estimate of drug-likeness (QED) is 0.707. The molecule has 0 spiro atoms. The molecule has 0 aliphatic heterocycles. The highest BCUT2D eigenvalue weighted by Crippen LogP contribution is 2.29. The molecule has 0 unspecified atom stereocenters. The largest absolute Gasteiger partial charge is 0.492 e. The molecular weight excluding hydrogens is 394 g/mol. The fraction of sp³-hybridized carbons (Fsp3) is 0.300. The van der Waals surface area contributed by atoms with Crippen LogP contribution in [0.15, 0.2) is 47.4 Å². The molecule has 9 heteroatoms. The smallest absolute Gasteiger partial charge is 0.265 e. The summed E-state index contributed by atoms with van der Waals surface area (Å²) in [5, 5.41) is 11.5. The second kappa shape index (κ2) is 9.41. The van der Waals surface area contributed by atoms with E-state index in [0.29, 0.717) is 23.6 Å². The van der Waals surface area contributed by atoms with Crippen LogP contribution in [0.3, 0.4) is 0 Å². The lowest BCUT2D eigenvalue weighted by Gasteiger charge is -2.18. The zero-order valence-corrected chi connectivity index (χ0v) is 17.5. The van der Waals surface area contributed by atoms with Gasteiger partial charge in [-0.15, -0.1) is 0 Å². The van der Waals surface area contributed by atoms with Crippen molar-refractivity contribution >= 4 is 21.6 Å². The van der Waals surface area contributed by atoms with Crippen molar-refractivity contribution in [3.05, 3.63) is 48.0 Å². The van der Waals surface area contributed by atoms with Crippen LogP contribution in [0, 0.1) is 11.3 Å². The number of amides is 1. The third-order valence-electron chi connectivity index (χ3n) is 3.94. The molecule has 0 saturated heterocycles. The molecule has 0 aliphatic rings. The van der Waals surface area contributed by atoms with Gasteiger partial charge in [0.05, 0.1) is 18.2 Å². The maximum Gasteiger partial charge on any atom is 0.265 e. The molecule has 0 saturated carbocycles. The number of ether oxygens (including phenoxy) is 2. The summed E-state index contributed by atoms with van der Waals surface area (Å²) in [6, 6.07) is 12.8. The van der Waals surface area contributed by atoms with E-state index < -0.39 is 22.0 Å². The number of sulfonamides is 1. The standard InChI is InChI=1S/C20H23N3O5S/c1-5-27-18-11-8-16(12-19(18)29(25,26)23(3)4)22-20(24)14(2)28-17-9-6-15(13-21)7-10-17/h6-12,14H,5H2,1-4H3,(H,22,24)/t14-/m0/s1. The van der Waals surface area contributed by atoms with Gasteiger partial charge in [0.1, 0.15) is 16.4 Å².